The van der Waals surface area contributed by atoms with E-state index >= 15 is 0 Å². The molecule has 0 bridgehead atoms. The van der Waals surface area contributed by atoms with Crippen molar-refractivity contribution in [3.63, 3.8) is 0 Å². The maximum absolute atomic E-state index is 13.1. The highest BCUT2D eigenvalue weighted by Crippen LogP contribution is 2.26. The Bertz CT molecular complexity index is 1220. The van der Waals surface area contributed by atoms with Crippen LogP contribution in [-0.2, 0) is 27.2 Å². The van der Waals surface area contributed by atoms with E-state index in [1.54, 1.807) is 24.3 Å². The van der Waals surface area contributed by atoms with E-state index in [1.165, 1.54) is 0 Å². The van der Waals surface area contributed by atoms with Crippen molar-refractivity contribution >= 4 is 23.7 Å². The van der Waals surface area contributed by atoms with Crippen molar-refractivity contribution in [2.45, 2.75) is 32.2 Å². The van der Waals surface area contributed by atoms with Gasteiger partial charge in [0.1, 0.15) is 12.6 Å². The van der Waals surface area contributed by atoms with E-state index < -0.39 is 23.8 Å². The molecule has 1 aliphatic heterocycles. The Kier molecular flexibility index (Phi) is 7.90. The number of esters is 1. The SMILES string of the molecule is Cc1ccc(CCC(=O)NCCOC(=O)C(Cc2ccccc2)N2C(=O)c3ccccc3C2=O)cc1. The average molecular weight is 485 g/mol. The monoisotopic (exact) mass is 484 g/mol. The van der Waals surface area contributed by atoms with E-state index in [9.17, 15) is 19.2 Å². The number of imide groups is 1. The summed E-state index contributed by atoms with van der Waals surface area (Å²) >= 11 is 0. The van der Waals surface area contributed by atoms with Crippen LogP contribution in [0.2, 0.25) is 0 Å². The lowest BCUT2D eigenvalue weighted by atomic mass is 10.0. The Morgan fingerprint density at radius 2 is 1.44 bits per heavy atom. The van der Waals surface area contributed by atoms with Gasteiger partial charge in [-0.1, -0.05) is 72.3 Å². The molecule has 1 unspecified atom stereocenters. The maximum Gasteiger partial charge on any atom is 0.329 e. The molecule has 184 valence electrons. The summed E-state index contributed by atoms with van der Waals surface area (Å²) < 4.78 is 5.41. The third-order valence-electron chi connectivity index (χ3n) is 6.11. The molecular formula is C29H28N2O5. The second-order valence-corrected chi connectivity index (χ2v) is 8.73. The van der Waals surface area contributed by atoms with Gasteiger partial charge >= 0.3 is 5.97 Å². The van der Waals surface area contributed by atoms with Crippen LogP contribution in [0.5, 0.6) is 0 Å². The number of carbonyl (C=O) groups excluding carboxylic acids is 4. The molecule has 1 N–H and O–H groups in total. The molecule has 4 rings (SSSR count). The molecule has 3 aromatic carbocycles. The number of amides is 3. The van der Waals surface area contributed by atoms with Crippen LogP contribution in [0.25, 0.3) is 0 Å². The van der Waals surface area contributed by atoms with E-state index in [0.29, 0.717) is 12.8 Å². The van der Waals surface area contributed by atoms with Crippen molar-refractivity contribution in [3.05, 3.63) is 107 Å². The Morgan fingerprint density at radius 1 is 0.833 bits per heavy atom. The standard InChI is InChI=1S/C29H28N2O5/c1-20-11-13-21(14-12-20)15-16-26(32)30-17-18-36-29(35)25(19-22-7-3-2-4-8-22)31-27(33)23-9-5-6-10-24(23)28(31)34/h2-14,25H,15-19H2,1H3,(H,30,32). The molecule has 0 fully saturated rings. The molecule has 7 heteroatoms. The van der Waals surface area contributed by atoms with Crippen LogP contribution in [0.15, 0.2) is 78.9 Å². The lowest BCUT2D eigenvalue weighted by molar-refractivity contribution is -0.148. The van der Waals surface area contributed by atoms with Crippen molar-refractivity contribution in [1.82, 2.24) is 10.2 Å². The predicted octanol–water partition coefficient (Wildman–Crippen LogP) is 3.49. The number of hydrogen-bond donors (Lipinski definition) is 1. The zero-order valence-corrected chi connectivity index (χ0v) is 20.1. The first-order chi connectivity index (χ1) is 17.4. The number of aryl methyl sites for hydroxylation is 2. The molecule has 1 heterocycles. The van der Waals surface area contributed by atoms with Gasteiger partial charge in [-0.15, -0.1) is 0 Å². The topological polar surface area (TPSA) is 92.8 Å². The molecular weight excluding hydrogens is 456 g/mol. The molecule has 1 atom stereocenters. The van der Waals surface area contributed by atoms with Crippen LogP contribution in [0.1, 0.15) is 43.8 Å². The van der Waals surface area contributed by atoms with Gasteiger partial charge in [-0.05, 0) is 36.6 Å². The third kappa shape index (κ3) is 5.86. The summed E-state index contributed by atoms with van der Waals surface area (Å²) in [5.41, 5.74) is 3.58. The van der Waals surface area contributed by atoms with Crippen molar-refractivity contribution < 1.29 is 23.9 Å². The number of hydrogen-bond acceptors (Lipinski definition) is 5. The molecule has 36 heavy (non-hydrogen) atoms. The number of nitrogens with one attached hydrogen (secondary N) is 1. The van der Waals surface area contributed by atoms with Gasteiger partial charge in [-0.3, -0.25) is 19.3 Å². The number of carbonyl (C=O) groups is 4. The average Bonchev–Trinajstić information content (AvgIpc) is 3.15. The number of ether oxygens (including phenoxy) is 1. The first-order valence-electron chi connectivity index (χ1n) is 11.9. The summed E-state index contributed by atoms with van der Waals surface area (Å²) in [5.74, 6) is -1.87. The van der Waals surface area contributed by atoms with Crippen LogP contribution >= 0.6 is 0 Å². The Hall–Kier alpha value is -4.26. The zero-order chi connectivity index (χ0) is 25.5. The Balaban J connectivity index is 1.34. The van der Waals surface area contributed by atoms with E-state index in [4.69, 9.17) is 4.74 Å². The second kappa shape index (κ2) is 11.4. The first-order valence-corrected chi connectivity index (χ1v) is 11.9. The quantitative estimate of drug-likeness (QED) is 0.270. The molecule has 3 aromatic rings. The Labute approximate surface area is 210 Å². The minimum Gasteiger partial charge on any atom is -0.462 e. The number of benzene rings is 3. The van der Waals surface area contributed by atoms with Crippen molar-refractivity contribution in [3.8, 4) is 0 Å². The minimum atomic E-state index is -1.11. The van der Waals surface area contributed by atoms with Crippen LogP contribution in [-0.4, -0.2) is 47.8 Å². The van der Waals surface area contributed by atoms with Crippen molar-refractivity contribution in [2.24, 2.45) is 0 Å². The normalized spacial score (nSPS) is 13.3. The molecule has 0 saturated heterocycles. The molecule has 0 aromatic heterocycles. The zero-order valence-electron chi connectivity index (χ0n) is 20.1. The van der Waals surface area contributed by atoms with Crippen LogP contribution in [0.4, 0.5) is 0 Å². The van der Waals surface area contributed by atoms with Gasteiger partial charge in [0.05, 0.1) is 17.7 Å². The predicted molar refractivity (Wildman–Crippen MR) is 134 cm³/mol. The summed E-state index contributed by atoms with van der Waals surface area (Å²) in [7, 11) is 0. The maximum atomic E-state index is 13.1. The minimum absolute atomic E-state index is 0.0659. The van der Waals surface area contributed by atoms with Crippen LogP contribution < -0.4 is 5.32 Å². The molecule has 0 radical (unpaired) electrons. The fourth-order valence-electron chi connectivity index (χ4n) is 4.15. The summed E-state index contributed by atoms with van der Waals surface area (Å²) in [5, 5.41) is 2.75. The van der Waals surface area contributed by atoms with Gasteiger partial charge in [0.2, 0.25) is 5.91 Å². The van der Waals surface area contributed by atoms with Gasteiger partial charge < -0.3 is 10.1 Å². The summed E-state index contributed by atoms with van der Waals surface area (Å²) in [6, 6.07) is 22.6. The number of nitrogens with zero attached hydrogens (tertiary/aromatic N) is 1. The highest BCUT2D eigenvalue weighted by Gasteiger charge is 2.43. The molecule has 0 saturated carbocycles. The molecule has 0 spiro atoms. The summed E-state index contributed by atoms with van der Waals surface area (Å²) in [6.45, 7) is 2.08. The second-order valence-electron chi connectivity index (χ2n) is 8.73. The fourth-order valence-corrected chi connectivity index (χ4v) is 4.15. The summed E-state index contributed by atoms with van der Waals surface area (Å²) in [4.78, 5) is 52.3. The summed E-state index contributed by atoms with van der Waals surface area (Å²) in [6.07, 6.45) is 1.07. The third-order valence-corrected chi connectivity index (χ3v) is 6.11. The van der Waals surface area contributed by atoms with Gasteiger partial charge in [0.25, 0.3) is 11.8 Å². The van der Waals surface area contributed by atoms with E-state index in [2.05, 4.69) is 5.32 Å². The lowest BCUT2D eigenvalue weighted by Gasteiger charge is -2.24. The van der Waals surface area contributed by atoms with Crippen LogP contribution in [0, 0.1) is 6.92 Å². The van der Waals surface area contributed by atoms with Gasteiger partial charge in [0, 0.05) is 12.8 Å². The van der Waals surface area contributed by atoms with Crippen molar-refractivity contribution in [2.75, 3.05) is 13.2 Å². The highest BCUT2D eigenvalue weighted by molar-refractivity contribution is 6.22. The largest absolute Gasteiger partial charge is 0.462 e. The number of rotatable bonds is 10. The molecule has 7 nitrogen and oxygen atoms in total. The van der Waals surface area contributed by atoms with E-state index in [1.807, 2.05) is 61.5 Å². The van der Waals surface area contributed by atoms with E-state index in [0.717, 1.165) is 21.6 Å². The molecule has 3 amide bonds. The molecule has 1 aliphatic rings. The Morgan fingerprint density at radius 3 is 2.08 bits per heavy atom. The first kappa shape index (κ1) is 24.9. The highest BCUT2D eigenvalue weighted by atomic mass is 16.5. The fraction of sp³-hybridized carbons (Fsp3) is 0.241. The van der Waals surface area contributed by atoms with E-state index in [-0.39, 0.29) is 36.6 Å². The van der Waals surface area contributed by atoms with Gasteiger partial charge in [-0.2, -0.15) is 0 Å². The lowest BCUT2D eigenvalue weighted by Crippen LogP contribution is -2.47. The smallest absolute Gasteiger partial charge is 0.329 e. The molecule has 0 aliphatic carbocycles. The van der Waals surface area contributed by atoms with Gasteiger partial charge in [-0.25, -0.2) is 4.79 Å². The number of fused-ring (bicyclic) bond motifs is 1. The van der Waals surface area contributed by atoms with Crippen molar-refractivity contribution in [1.29, 1.82) is 0 Å². The van der Waals surface area contributed by atoms with Gasteiger partial charge in [0.15, 0.2) is 0 Å². The van der Waals surface area contributed by atoms with Crippen LogP contribution in [0.3, 0.4) is 0 Å².